The molecule has 0 radical (unpaired) electrons. The number of likely N-dealkylation sites (tertiary alicyclic amines) is 1. The second-order valence-electron chi connectivity index (χ2n) is 11.0. The lowest BCUT2D eigenvalue weighted by molar-refractivity contribution is -0.274. The monoisotopic (exact) mass is 641 g/mol. The van der Waals surface area contributed by atoms with Crippen LogP contribution in [0.25, 0.3) is 0 Å². The summed E-state index contributed by atoms with van der Waals surface area (Å²) in [6.07, 6.45) is -0.511. The van der Waals surface area contributed by atoms with E-state index in [1.165, 1.54) is 25.6 Å². The van der Waals surface area contributed by atoms with Gasteiger partial charge in [-0.1, -0.05) is 26.0 Å². The van der Waals surface area contributed by atoms with Gasteiger partial charge in [0, 0.05) is 38.3 Å². The molecule has 0 bridgehead atoms. The highest BCUT2D eigenvalue weighted by atomic mass is 19.4. The quantitative estimate of drug-likeness (QED) is 0.346. The maximum absolute atomic E-state index is 14.2. The number of nitrogens with zero attached hydrogens (tertiary/aromatic N) is 3. The van der Waals surface area contributed by atoms with Crippen molar-refractivity contribution in [3.8, 4) is 11.5 Å². The van der Waals surface area contributed by atoms with Crippen molar-refractivity contribution in [2.75, 3.05) is 45.3 Å². The number of ether oxygens (including phenoxy) is 4. The molecule has 0 spiro atoms. The van der Waals surface area contributed by atoms with Crippen LogP contribution >= 0.6 is 0 Å². The number of aromatic nitrogens is 2. The molecule has 10 nitrogen and oxygen atoms in total. The van der Waals surface area contributed by atoms with Crippen molar-refractivity contribution in [3.63, 3.8) is 0 Å². The zero-order chi connectivity index (χ0) is 32.4. The van der Waals surface area contributed by atoms with E-state index in [0.717, 1.165) is 24.8 Å². The minimum absolute atomic E-state index is 0.115. The van der Waals surface area contributed by atoms with E-state index in [9.17, 15) is 22.4 Å². The Bertz CT molecular complexity index is 1210. The summed E-state index contributed by atoms with van der Waals surface area (Å²) >= 11 is 0. The molecule has 0 saturated carbocycles. The third-order valence-electron chi connectivity index (χ3n) is 8.06. The van der Waals surface area contributed by atoms with Crippen molar-refractivity contribution < 1.29 is 41.3 Å². The third-order valence-corrected chi connectivity index (χ3v) is 8.06. The molecule has 0 aliphatic carbocycles. The number of halogens is 4. The fourth-order valence-corrected chi connectivity index (χ4v) is 5.83. The number of carbonyl (C=O) groups excluding carboxylic acids is 1. The maximum Gasteiger partial charge on any atom is 0.573 e. The van der Waals surface area contributed by atoms with Crippen molar-refractivity contribution in [3.05, 3.63) is 41.9 Å². The highest BCUT2D eigenvalue weighted by Crippen LogP contribution is 2.34. The van der Waals surface area contributed by atoms with E-state index in [4.69, 9.17) is 14.2 Å². The highest BCUT2D eigenvalue weighted by molar-refractivity contribution is 5.96. The van der Waals surface area contributed by atoms with Gasteiger partial charge in [0.15, 0.2) is 17.3 Å². The first kappa shape index (κ1) is 34.6. The molecule has 4 heterocycles. The summed E-state index contributed by atoms with van der Waals surface area (Å²) in [5.41, 5.74) is 0.922. The van der Waals surface area contributed by atoms with Gasteiger partial charge in [0.2, 0.25) is 0 Å². The topological polar surface area (TPSA) is 107 Å². The second-order valence-corrected chi connectivity index (χ2v) is 11.0. The number of amides is 1. The number of hydrogen-bond acceptors (Lipinski definition) is 9. The molecule has 1 aromatic heterocycles. The smallest absolute Gasteiger partial charge is 0.491 e. The average molecular weight is 642 g/mol. The van der Waals surface area contributed by atoms with Crippen LogP contribution in [0, 0.1) is 0 Å². The van der Waals surface area contributed by atoms with Crippen molar-refractivity contribution in [2.24, 2.45) is 0 Å². The number of benzene rings is 1. The van der Waals surface area contributed by atoms with Gasteiger partial charge in [0.25, 0.3) is 5.91 Å². The minimum atomic E-state index is -4.74. The van der Waals surface area contributed by atoms with Gasteiger partial charge in [0.05, 0.1) is 25.9 Å². The SMILES string of the molecule is CC.COc1c(NC[C@H]2CCC[C@@H](c3ccc(OC(F)(F)F)cc3)O2)ncnc1C(=O)N1CCC(NC2CCOCC2F)CC1. The van der Waals surface area contributed by atoms with Gasteiger partial charge >= 0.3 is 6.36 Å². The number of carbonyl (C=O) groups is 1. The standard InChI is InChI=1S/C29H37F4N5O5.C2H6/c1-40-26-25(28(39)38-12-9-19(10-13-38)37-23-11-14-41-16-22(23)30)35-17-36-27(26)34-15-21-3-2-4-24(42-21)18-5-7-20(8-6-18)43-29(31,32)33;1-2/h5-8,17,19,21-24,37H,2-4,9-16H2,1H3,(H,34,35,36);1-2H3/t21-,22?,23?,24+;/m1./s1. The molecular formula is C31H43F4N5O5. The molecule has 3 aliphatic rings. The molecule has 3 saturated heterocycles. The molecule has 4 atom stereocenters. The minimum Gasteiger partial charge on any atom is -0.491 e. The van der Waals surface area contributed by atoms with Crippen LogP contribution in [0.2, 0.25) is 0 Å². The van der Waals surface area contributed by atoms with Crippen LogP contribution in [0.3, 0.4) is 0 Å². The molecule has 1 amide bonds. The molecule has 2 N–H and O–H groups in total. The van der Waals surface area contributed by atoms with Crippen LogP contribution < -0.4 is 20.1 Å². The fraction of sp³-hybridized carbons (Fsp3) is 0.645. The van der Waals surface area contributed by atoms with E-state index in [2.05, 4.69) is 25.3 Å². The molecular weight excluding hydrogens is 598 g/mol. The molecule has 45 heavy (non-hydrogen) atoms. The number of rotatable bonds is 9. The zero-order valence-corrected chi connectivity index (χ0v) is 25.9. The number of anilines is 1. The van der Waals surface area contributed by atoms with E-state index in [-0.39, 0.29) is 54.0 Å². The van der Waals surface area contributed by atoms with Crippen molar-refractivity contribution in [2.45, 2.75) is 89.2 Å². The predicted molar refractivity (Wildman–Crippen MR) is 159 cm³/mol. The van der Waals surface area contributed by atoms with E-state index < -0.39 is 12.5 Å². The van der Waals surface area contributed by atoms with E-state index in [1.54, 1.807) is 17.0 Å². The number of nitrogens with one attached hydrogen (secondary N) is 2. The van der Waals surface area contributed by atoms with Gasteiger partial charge in [-0.15, -0.1) is 13.2 Å². The Labute approximate surface area is 261 Å². The lowest BCUT2D eigenvalue weighted by Gasteiger charge is -2.36. The Hall–Kier alpha value is -3.23. The summed E-state index contributed by atoms with van der Waals surface area (Å²) in [6.45, 7) is 6.06. The summed E-state index contributed by atoms with van der Waals surface area (Å²) in [5.74, 6) is 0.0627. The van der Waals surface area contributed by atoms with Crippen LogP contribution in [-0.2, 0) is 9.47 Å². The Kier molecular flexibility index (Phi) is 12.6. The van der Waals surface area contributed by atoms with Crippen LogP contribution in [-0.4, -0.2) is 91.5 Å². The zero-order valence-electron chi connectivity index (χ0n) is 25.9. The van der Waals surface area contributed by atoms with Crippen LogP contribution in [0.5, 0.6) is 11.5 Å². The first-order valence-corrected chi connectivity index (χ1v) is 15.6. The molecule has 2 aromatic rings. The van der Waals surface area contributed by atoms with Gasteiger partial charge < -0.3 is 34.5 Å². The molecule has 250 valence electrons. The number of methoxy groups -OCH3 is 1. The van der Waals surface area contributed by atoms with E-state index in [0.29, 0.717) is 51.3 Å². The molecule has 2 unspecified atom stereocenters. The Morgan fingerprint density at radius 3 is 2.47 bits per heavy atom. The van der Waals surface area contributed by atoms with Gasteiger partial charge in [-0.05, 0) is 56.2 Å². The maximum atomic E-state index is 14.2. The van der Waals surface area contributed by atoms with E-state index in [1.807, 2.05) is 13.8 Å². The van der Waals surface area contributed by atoms with Gasteiger partial charge in [0.1, 0.15) is 18.2 Å². The van der Waals surface area contributed by atoms with Crippen molar-refractivity contribution in [1.82, 2.24) is 20.2 Å². The molecule has 5 rings (SSSR count). The molecule has 3 fully saturated rings. The first-order chi connectivity index (χ1) is 21.7. The number of piperidine rings is 1. The third kappa shape index (κ3) is 9.63. The van der Waals surface area contributed by atoms with Crippen molar-refractivity contribution >= 4 is 11.7 Å². The summed E-state index contributed by atoms with van der Waals surface area (Å²) in [7, 11) is 1.46. The largest absolute Gasteiger partial charge is 0.573 e. The molecule has 1 aromatic carbocycles. The number of hydrogen-bond donors (Lipinski definition) is 2. The normalized spacial score (nSPS) is 24.3. The fourth-order valence-electron chi connectivity index (χ4n) is 5.83. The predicted octanol–water partition coefficient (Wildman–Crippen LogP) is 5.45. The Balaban J connectivity index is 0.00000226. The van der Waals surface area contributed by atoms with Crippen LogP contribution in [0.1, 0.15) is 74.5 Å². The van der Waals surface area contributed by atoms with Crippen LogP contribution in [0.15, 0.2) is 30.6 Å². The summed E-state index contributed by atoms with van der Waals surface area (Å²) < 4.78 is 72.5. The Morgan fingerprint density at radius 2 is 1.80 bits per heavy atom. The summed E-state index contributed by atoms with van der Waals surface area (Å²) in [6, 6.07) is 5.62. The lowest BCUT2D eigenvalue weighted by atomic mass is 9.98. The summed E-state index contributed by atoms with van der Waals surface area (Å²) in [5, 5.41) is 6.62. The van der Waals surface area contributed by atoms with E-state index >= 15 is 0 Å². The lowest BCUT2D eigenvalue weighted by Crippen LogP contribution is -2.52. The molecule has 3 aliphatic heterocycles. The highest BCUT2D eigenvalue weighted by Gasteiger charge is 2.33. The van der Waals surface area contributed by atoms with Gasteiger partial charge in [-0.2, -0.15) is 0 Å². The summed E-state index contributed by atoms with van der Waals surface area (Å²) in [4.78, 5) is 23.7. The van der Waals surface area contributed by atoms with Gasteiger partial charge in [-0.3, -0.25) is 4.79 Å². The van der Waals surface area contributed by atoms with Crippen molar-refractivity contribution in [1.29, 1.82) is 0 Å². The molecule has 14 heteroatoms. The first-order valence-electron chi connectivity index (χ1n) is 15.6. The number of alkyl halides is 4. The van der Waals surface area contributed by atoms with Crippen LogP contribution in [0.4, 0.5) is 23.4 Å². The second kappa shape index (κ2) is 16.4. The van der Waals surface area contributed by atoms with Gasteiger partial charge in [-0.25, -0.2) is 14.4 Å². The Morgan fingerprint density at radius 1 is 1.07 bits per heavy atom. The average Bonchev–Trinajstić information content (AvgIpc) is 3.05.